The molecule has 2 saturated heterocycles. The highest BCUT2D eigenvalue weighted by Gasteiger charge is 2.29. The third-order valence-electron chi connectivity index (χ3n) is 8.75. The summed E-state index contributed by atoms with van der Waals surface area (Å²) < 4.78 is 12.4. The molecular formula is C34H48ClN5O2. The van der Waals surface area contributed by atoms with E-state index in [-0.39, 0.29) is 6.29 Å². The van der Waals surface area contributed by atoms with E-state index in [0.29, 0.717) is 22.4 Å². The number of halogens is 1. The number of fused-ring (bicyclic) bond motifs is 1. The van der Waals surface area contributed by atoms with Gasteiger partial charge in [0.25, 0.3) is 0 Å². The molecule has 1 aromatic carbocycles. The largest absolute Gasteiger partial charge is 0.369 e. The normalized spacial score (nSPS) is 19.1. The molecule has 1 aromatic heterocycles. The number of aromatic nitrogens is 1. The Morgan fingerprint density at radius 3 is 2.50 bits per heavy atom. The van der Waals surface area contributed by atoms with Gasteiger partial charge in [0.2, 0.25) is 0 Å². The van der Waals surface area contributed by atoms with Crippen LogP contribution in [-0.4, -0.2) is 62.3 Å². The lowest BCUT2D eigenvalue weighted by molar-refractivity contribution is -0.180. The van der Waals surface area contributed by atoms with Crippen LogP contribution < -0.4 is 4.90 Å². The molecule has 0 spiro atoms. The second-order valence-electron chi connectivity index (χ2n) is 11.7. The Kier molecular flexibility index (Phi) is 12.4. The number of nitriles is 1. The number of unbranched alkanes of at least 4 members (excludes halogenated alkanes) is 2. The van der Waals surface area contributed by atoms with Crippen molar-refractivity contribution in [3.63, 3.8) is 0 Å². The average molecular weight is 594 g/mol. The highest BCUT2D eigenvalue weighted by atomic mass is 35.5. The number of benzene rings is 1. The van der Waals surface area contributed by atoms with Crippen molar-refractivity contribution in [2.24, 2.45) is 16.8 Å². The number of ether oxygens (including phenoxy) is 2. The minimum absolute atomic E-state index is 0.106. The quantitative estimate of drug-likeness (QED) is 0.104. The van der Waals surface area contributed by atoms with E-state index in [0.717, 1.165) is 113 Å². The standard InChI is InChI=1S/C34H48ClN5O2/c1-5-7-20-41-34(42-21-8-6-2)26-15-18-39(19-16-26)31(37-4)14-11-25(3)27-10-9-17-40(24-27)30-13-12-29(35)32-28(22-36)23-38-33(30)32/h11-14,23,26-27,34,38H,4-10,15-21,24H2,1-3H3/b25-11+,31-14+/t27-/m1/s1. The first-order valence-electron chi connectivity index (χ1n) is 15.8. The van der Waals surface area contributed by atoms with Crippen molar-refractivity contribution in [1.82, 2.24) is 9.88 Å². The van der Waals surface area contributed by atoms with E-state index < -0.39 is 0 Å². The number of hydrogen-bond donors (Lipinski definition) is 1. The van der Waals surface area contributed by atoms with Crippen molar-refractivity contribution in [3.05, 3.63) is 52.5 Å². The number of aromatic amines is 1. The first-order valence-corrected chi connectivity index (χ1v) is 16.2. The molecule has 228 valence electrons. The van der Waals surface area contributed by atoms with Crippen LogP contribution in [0, 0.1) is 23.2 Å². The number of piperidine rings is 2. The summed E-state index contributed by atoms with van der Waals surface area (Å²) in [6, 6.07) is 6.23. The van der Waals surface area contributed by atoms with E-state index in [1.165, 1.54) is 5.57 Å². The van der Waals surface area contributed by atoms with Gasteiger partial charge in [-0.1, -0.05) is 49.9 Å². The van der Waals surface area contributed by atoms with E-state index in [4.69, 9.17) is 21.1 Å². The lowest BCUT2D eigenvalue weighted by atomic mass is 9.90. The van der Waals surface area contributed by atoms with Crippen molar-refractivity contribution >= 4 is 34.9 Å². The van der Waals surface area contributed by atoms with Gasteiger partial charge in [-0.25, -0.2) is 4.99 Å². The predicted molar refractivity (Wildman–Crippen MR) is 174 cm³/mol. The van der Waals surface area contributed by atoms with Gasteiger partial charge in [-0.3, -0.25) is 0 Å². The van der Waals surface area contributed by atoms with E-state index in [2.05, 4.69) is 71.6 Å². The Bertz CT molecular complexity index is 1260. The van der Waals surface area contributed by atoms with Crippen molar-refractivity contribution < 1.29 is 9.47 Å². The molecule has 1 atom stereocenters. The molecule has 0 saturated carbocycles. The van der Waals surface area contributed by atoms with Gasteiger partial charge in [0.1, 0.15) is 11.9 Å². The maximum Gasteiger partial charge on any atom is 0.160 e. The Hall–Kier alpha value is -2.79. The van der Waals surface area contributed by atoms with Crippen molar-refractivity contribution in [1.29, 1.82) is 5.26 Å². The fraction of sp³-hybridized carbons (Fsp3) is 0.588. The molecule has 2 aromatic rings. The van der Waals surface area contributed by atoms with E-state index in [1.807, 2.05) is 6.07 Å². The summed E-state index contributed by atoms with van der Waals surface area (Å²) in [6.07, 6.45) is 14.7. The smallest absolute Gasteiger partial charge is 0.160 e. The maximum absolute atomic E-state index is 9.52. The van der Waals surface area contributed by atoms with Crippen LogP contribution in [0.2, 0.25) is 5.02 Å². The summed E-state index contributed by atoms with van der Waals surface area (Å²) in [4.78, 5) is 12.5. The van der Waals surface area contributed by atoms with Crippen LogP contribution in [-0.2, 0) is 9.47 Å². The minimum Gasteiger partial charge on any atom is -0.369 e. The maximum atomic E-state index is 9.52. The van der Waals surface area contributed by atoms with Crippen LogP contribution in [0.3, 0.4) is 0 Å². The topological polar surface area (TPSA) is 76.9 Å². The third-order valence-corrected chi connectivity index (χ3v) is 9.07. The van der Waals surface area contributed by atoms with Crippen LogP contribution >= 0.6 is 11.6 Å². The Morgan fingerprint density at radius 1 is 1.14 bits per heavy atom. The molecule has 3 heterocycles. The molecule has 0 aliphatic carbocycles. The molecule has 42 heavy (non-hydrogen) atoms. The van der Waals surface area contributed by atoms with Crippen LogP contribution in [0.25, 0.3) is 10.9 Å². The van der Waals surface area contributed by atoms with E-state index in [1.54, 1.807) is 6.20 Å². The summed E-state index contributed by atoms with van der Waals surface area (Å²) in [5.41, 5.74) is 3.98. The SMILES string of the molecule is C=N/C(=C\C=C(/C)[C@@H]1CCCN(c2ccc(Cl)c3c(C#N)c[nH]c23)C1)N1CCC(C(OCCCC)OCCCC)CC1. The Labute approximate surface area is 257 Å². The molecule has 0 radical (unpaired) electrons. The molecule has 0 unspecified atom stereocenters. The number of nitrogens with zero attached hydrogens (tertiary/aromatic N) is 4. The highest BCUT2D eigenvalue weighted by molar-refractivity contribution is 6.36. The number of H-pyrrole nitrogens is 1. The van der Waals surface area contributed by atoms with Gasteiger partial charge in [-0.2, -0.15) is 5.26 Å². The fourth-order valence-corrected chi connectivity index (χ4v) is 6.38. The monoisotopic (exact) mass is 593 g/mol. The molecule has 2 aliphatic heterocycles. The summed E-state index contributed by atoms with van der Waals surface area (Å²) in [5.74, 6) is 1.78. The molecule has 1 N–H and O–H groups in total. The van der Waals surface area contributed by atoms with Gasteiger partial charge in [0.05, 0.1) is 21.8 Å². The lowest BCUT2D eigenvalue weighted by Gasteiger charge is -2.37. The number of hydrogen-bond acceptors (Lipinski definition) is 6. The second-order valence-corrected chi connectivity index (χ2v) is 12.1. The summed E-state index contributed by atoms with van der Waals surface area (Å²) in [7, 11) is 0. The van der Waals surface area contributed by atoms with Gasteiger partial charge in [-0.15, -0.1) is 0 Å². The zero-order valence-corrected chi connectivity index (χ0v) is 26.5. The predicted octanol–water partition coefficient (Wildman–Crippen LogP) is 8.07. The summed E-state index contributed by atoms with van der Waals surface area (Å²) in [5, 5.41) is 10.9. The summed E-state index contributed by atoms with van der Waals surface area (Å²) >= 11 is 6.46. The average Bonchev–Trinajstić information content (AvgIpc) is 3.46. The van der Waals surface area contributed by atoms with Gasteiger partial charge < -0.3 is 24.3 Å². The lowest BCUT2D eigenvalue weighted by Crippen LogP contribution is -2.39. The van der Waals surface area contributed by atoms with Crippen LogP contribution in [0.5, 0.6) is 0 Å². The Balaban J connectivity index is 1.38. The van der Waals surface area contributed by atoms with Crippen LogP contribution in [0.15, 0.2) is 46.9 Å². The molecule has 7 nitrogen and oxygen atoms in total. The molecule has 0 amide bonds. The second kappa shape index (κ2) is 16.2. The van der Waals surface area contributed by atoms with Crippen molar-refractivity contribution in [3.8, 4) is 6.07 Å². The molecular weight excluding hydrogens is 546 g/mol. The van der Waals surface area contributed by atoms with E-state index in [9.17, 15) is 5.26 Å². The van der Waals surface area contributed by atoms with Gasteiger partial charge >= 0.3 is 0 Å². The molecule has 2 aliphatic rings. The van der Waals surface area contributed by atoms with Crippen molar-refractivity contribution in [2.45, 2.75) is 78.4 Å². The minimum atomic E-state index is -0.106. The fourth-order valence-electron chi connectivity index (χ4n) is 6.12. The van der Waals surface area contributed by atoms with Gasteiger partial charge in [0, 0.05) is 56.9 Å². The number of rotatable bonds is 14. The number of nitrogens with one attached hydrogen (secondary N) is 1. The van der Waals surface area contributed by atoms with Crippen LogP contribution in [0.1, 0.15) is 77.7 Å². The number of allylic oxidation sites excluding steroid dienone is 2. The number of anilines is 1. The Morgan fingerprint density at radius 2 is 1.86 bits per heavy atom. The molecule has 8 heteroatoms. The number of likely N-dealkylation sites (tertiary alicyclic amines) is 1. The first kappa shape index (κ1) is 32.1. The highest BCUT2D eigenvalue weighted by Crippen LogP contribution is 2.36. The first-order chi connectivity index (χ1) is 20.5. The van der Waals surface area contributed by atoms with Crippen LogP contribution in [0.4, 0.5) is 5.69 Å². The zero-order valence-electron chi connectivity index (χ0n) is 25.7. The third kappa shape index (κ3) is 7.98. The van der Waals surface area contributed by atoms with Gasteiger partial charge in [0.15, 0.2) is 6.29 Å². The summed E-state index contributed by atoms with van der Waals surface area (Å²) in [6.45, 7) is 15.8. The van der Waals surface area contributed by atoms with E-state index >= 15 is 0 Å². The molecule has 0 bridgehead atoms. The van der Waals surface area contributed by atoms with Gasteiger partial charge in [-0.05, 0) is 76.3 Å². The molecule has 2 fully saturated rings. The zero-order chi connectivity index (χ0) is 29.9. The molecule has 4 rings (SSSR count). The number of aliphatic imine (C=N–C) groups is 1. The van der Waals surface area contributed by atoms with Crippen molar-refractivity contribution in [2.75, 3.05) is 44.3 Å².